The second-order valence-electron chi connectivity index (χ2n) is 7.89. The Morgan fingerprint density at radius 3 is 2.93 bits per heavy atom. The lowest BCUT2D eigenvalue weighted by atomic mass is 9.89. The third kappa shape index (κ3) is 3.49. The van der Waals surface area contributed by atoms with Crippen LogP contribution in [-0.4, -0.2) is 27.4 Å². The molecular weight excluding hydrogens is 370 g/mol. The number of aromatic nitrogens is 2. The fourth-order valence-corrected chi connectivity index (χ4v) is 5.22. The maximum absolute atomic E-state index is 13.1. The van der Waals surface area contributed by atoms with E-state index in [4.69, 9.17) is 0 Å². The van der Waals surface area contributed by atoms with Crippen molar-refractivity contribution in [3.05, 3.63) is 62.5 Å². The molecule has 6 heteroatoms. The van der Waals surface area contributed by atoms with Gasteiger partial charge in [-0.15, -0.1) is 11.3 Å². The summed E-state index contributed by atoms with van der Waals surface area (Å²) in [5, 5.41) is 0.726. The van der Waals surface area contributed by atoms with Crippen molar-refractivity contribution < 1.29 is 4.79 Å². The molecule has 0 saturated heterocycles. The predicted octanol–water partition coefficient (Wildman–Crippen LogP) is 3.55. The maximum Gasteiger partial charge on any atom is 0.262 e. The van der Waals surface area contributed by atoms with Gasteiger partial charge in [-0.1, -0.05) is 31.2 Å². The zero-order valence-electron chi connectivity index (χ0n) is 16.6. The first-order valence-corrected chi connectivity index (χ1v) is 10.5. The lowest BCUT2D eigenvalue weighted by Crippen LogP contribution is -2.34. The fraction of sp³-hybridized carbons (Fsp3) is 0.409. The highest BCUT2D eigenvalue weighted by molar-refractivity contribution is 7.18. The van der Waals surface area contributed by atoms with Gasteiger partial charge in [-0.2, -0.15) is 0 Å². The molecule has 0 unspecified atom stereocenters. The molecule has 1 amide bonds. The van der Waals surface area contributed by atoms with E-state index >= 15 is 0 Å². The van der Waals surface area contributed by atoms with Gasteiger partial charge in [0.05, 0.1) is 11.7 Å². The molecule has 0 fully saturated rings. The number of carbonyl (C=O) groups is 1. The van der Waals surface area contributed by atoms with Crippen LogP contribution in [0.4, 0.5) is 0 Å². The summed E-state index contributed by atoms with van der Waals surface area (Å²) < 4.78 is 1.46. The summed E-state index contributed by atoms with van der Waals surface area (Å²) in [6.07, 6.45) is 4.58. The van der Waals surface area contributed by atoms with Crippen molar-refractivity contribution in [3.63, 3.8) is 0 Å². The van der Waals surface area contributed by atoms with Crippen LogP contribution in [0.3, 0.4) is 0 Å². The molecule has 0 bridgehead atoms. The van der Waals surface area contributed by atoms with E-state index < -0.39 is 0 Å². The number of benzene rings is 1. The van der Waals surface area contributed by atoms with E-state index in [1.54, 1.807) is 23.3 Å². The Labute approximate surface area is 168 Å². The van der Waals surface area contributed by atoms with Crippen LogP contribution in [0.15, 0.2) is 35.4 Å². The Kier molecular flexibility index (Phi) is 5.06. The summed E-state index contributed by atoms with van der Waals surface area (Å²) in [4.78, 5) is 34.1. The maximum atomic E-state index is 13.1. The number of hydrogen-bond acceptors (Lipinski definition) is 4. The van der Waals surface area contributed by atoms with Crippen LogP contribution in [0.5, 0.6) is 0 Å². The highest BCUT2D eigenvalue weighted by atomic mass is 32.1. The van der Waals surface area contributed by atoms with Gasteiger partial charge in [-0.05, 0) is 48.8 Å². The molecule has 1 atom stereocenters. The molecule has 1 aliphatic rings. The van der Waals surface area contributed by atoms with Gasteiger partial charge in [0.2, 0.25) is 5.91 Å². The van der Waals surface area contributed by atoms with Gasteiger partial charge in [0.15, 0.2) is 0 Å². The SMILES string of the molecule is Cc1ccccc1CN(C)C(=O)Cn1cnc2sc3c(c2c1=O)CC[C@@H](C)C3. The molecule has 4 rings (SSSR count). The van der Waals surface area contributed by atoms with Gasteiger partial charge in [-0.25, -0.2) is 4.98 Å². The number of hydrogen-bond donors (Lipinski definition) is 0. The van der Waals surface area contributed by atoms with E-state index in [1.165, 1.54) is 15.8 Å². The van der Waals surface area contributed by atoms with Crippen molar-refractivity contribution in [2.45, 2.75) is 46.2 Å². The number of amides is 1. The number of fused-ring (bicyclic) bond motifs is 3. The minimum Gasteiger partial charge on any atom is -0.340 e. The molecule has 5 nitrogen and oxygen atoms in total. The number of nitrogens with zero attached hydrogens (tertiary/aromatic N) is 3. The number of thiophene rings is 1. The van der Waals surface area contributed by atoms with E-state index in [-0.39, 0.29) is 18.0 Å². The normalized spacial score (nSPS) is 16.2. The molecule has 2 aromatic heterocycles. The second kappa shape index (κ2) is 7.51. The Morgan fingerprint density at radius 1 is 1.36 bits per heavy atom. The van der Waals surface area contributed by atoms with Gasteiger partial charge in [0, 0.05) is 18.5 Å². The van der Waals surface area contributed by atoms with Crippen LogP contribution in [0.1, 0.15) is 34.9 Å². The predicted molar refractivity (Wildman–Crippen MR) is 113 cm³/mol. The molecule has 0 spiro atoms. The zero-order valence-corrected chi connectivity index (χ0v) is 17.4. The average Bonchev–Trinajstić information content (AvgIpc) is 3.03. The first-order chi connectivity index (χ1) is 13.4. The first-order valence-electron chi connectivity index (χ1n) is 9.72. The van der Waals surface area contributed by atoms with Crippen molar-refractivity contribution in [2.24, 2.45) is 5.92 Å². The first kappa shape index (κ1) is 18.9. The Balaban J connectivity index is 1.58. The van der Waals surface area contributed by atoms with Crippen LogP contribution in [0, 0.1) is 12.8 Å². The van der Waals surface area contributed by atoms with Crippen molar-refractivity contribution in [1.29, 1.82) is 0 Å². The Hall–Kier alpha value is -2.47. The molecule has 2 heterocycles. The Morgan fingerprint density at radius 2 is 2.14 bits per heavy atom. The van der Waals surface area contributed by atoms with Crippen molar-refractivity contribution in [1.82, 2.24) is 14.5 Å². The average molecular weight is 396 g/mol. The fourth-order valence-electron chi connectivity index (χ4n) is 3.88. The van der Waals surface area contributed by atoms with Crippen molar-refractivity contribution >= 4 is 27.5 Å². The number of aryl methyl sites for hydroxylation is 2. The van der Waals surface area contributed by atoms with Crippen LogP contribution in [-0.2, 0) is 30.7 Å². The molecule has 0 saturated carbocycles. The molecule has 0 radical (unpaired) electrons. The summed E-state index contributed by atoms with van der Waals surface area (Å²) >= 11 is 1.64. The largest absolute Gasteiger partial charge is 0.340 e. The third-order valence-electron chi connectivity index (χ3n) is 5.68. The second-order valence-corrected chi connectivity index (χ2v) is 8.97. The number of rotatable bonds is 4. The molecule has 1 aliphatic carbocycles. The zero-order chi connectivity index (χ0) is 19.8. The quantitative estimate of drug-likeness (QED) is 0.679. The summed E-state index contributed by atoms with van der Waals surface area (Å²) in [5.74, 6) is 0.559. The van der Waals surface area contributed by atoms with Gasteiger partial charge in [0.25, 0.3) is 5.56 Å². The summed E-state index contributed by atoms with van der Waals surface area (Å²) in [6.45, 7) is 4.84. The van der Waals surface area contributed by atoms with E-state index in [1.807, 2.05) is 31.2 Å². The lowest BCUT2D eigenvalue weighted by Gasteiger charge is -2.19. The van der Waals surface area contributed by atoms with Crippen molar-refractivity contribution in [2.75, 3.05) is 7.05 Å². The minimum absolute atomic E-state index is 0.0190. The van der Waals surface area contributed by atoms with E-state index in [0.29, 0.717) is 12.5 Å². The van der Waals surface area contributed by atoms with Gasteiger partial charge < -0.3 is 4.90 Å². The van der Waals surface area contributed by atoms with Gasteiger partial charge >= 0.3 is 0 Å². The highest BCUT2D eigenvalue weighted by Gasteiger charge is 2.23. The molecule has 0 N–H and O–H groups in total. The summed E-state index contributed by atoms with van der Waals surface area (Å²) in [6, 6.07) is 8.03. The highest BCUT2D eigenvalue weighted by Crippen LogP contribution is 2.35. The van der Waals surface area contributed by atoms with Gasteiger partial charge in [-0.3, -0.25) is 14.2 Å². The molecule has 1 aromatic carbocycles. The van der Waals surface area contributed by atoms with E-state index in [0.717, 1.165) is 46.2 Å². The van der Waals surface area contributed by atoms with Crippen LogP contribution in [0.2, 0.25) is 0 Å². The lowest BCUT2D eigenvalue weighted by molar-refractivity contribution is -0.131. The van der Waals surface area contributed by atoms with Gasteiger partial charge in [0.1, 0.15) is 11.4 Å². The summed E-state index contributed by atoms with van der Waals surface area (Å²) in [5.41, 5.74) is 3.34. The van der Waals surface area contributed by atoms with E-state index in [9.17, 15) is 9.59 Å². The smallest absolute Gasteiger partial charge is 0.262 e. The van der Waals surface area contributed by atoms with Crippen molar-refractivity contribution in [3.8, 4) is 0 Å². The molecule has 0 aliphatic heterocycles. The molecule has 28 heavy (non-hydrogen) atoms. The minimum atomic E-state index is -0.0933. The number of carbonyl (C=O) groups excluding carboxylic acids is 1. The monoisotopic (exact) mass is 395 g/mol. The standard InChI is InChI=1S/C22H25N3O2S/c1-14-8-9-17-18(10-14)28-21-20(17)22(27)25(13-23-21)12-19(26)24(3)11-16-7-5-4-6-15(16)2/h4-7,13-14H,8-12H2,1-3H3/t14-/m1/s1. The number of likely N-dealkylation sites (N-methyl/N-ethyl adjacent to an activating group) is 1. The topological polar surface area (TPSA) is 55.2 Å². The molecular formula is C22H25N3O2S. The third-order valence-corrected chi connectivity index (χ3v) is 6.84. The summed E-state index contributed by atoms with van der Waals surface area (Å²) in [7, 11) is 1.78. The van der Waals surface area contributed by atoms with Crippen LogP contribution in [0.25, 0.3) is 10.2 Å². The van der Waals surface area contributed by atoms with E-state index in [2.05, 4.69) is 11.9 Å². The van der Waals surface area contributed by atoms with Crippen LogP contribution >= 0.6 is 11.3 Å². The Bertz CT molecular complexity index is 1100. The van der Waals surface area contributed by atoms with Crippen LogP contribution < -0.4 is 5.56 Å². The molecule has 146 valence electrons. The molecule has 3 aromatic rings.